The van der Waals surface area contributed by atoms with Crippen molar-refractivity contribution in [3.05, 3.63) is 89.5 Å². The predicted molar refractivity (Wildman–Crippen MR) is 130 cm³/mol. The second-order valence-corrected chi connectivity index (χ2v) is 8.35. The summed E-state index contributed by atoms with van der Waals surface area (Å²) < 4.78 is 5.42. The maximum Gasteiger partial charge on any atom is 0.142 e. The number of anilines is 1. The molecule has 34 heavy (non-hydrogen) atoms. The first-order valence-electron chi connectivity index (χ1n) is 11.4. The fourth-order valence-corrected chi connectivity index (χ4v) is 4.38. The topological polar surface area (TPSA) is 100 Å². The SMILES string of the molecule is N#Cc1ccc(C(O)CN2CCN(c3ccc(OCCO)cc3O)[C@H](c3ccccc3)C2)cc1. The van der Waals surface area contributed by atoms with Gasteiger partial charge in [0.2, 0.25) is 0 Å². The number of aliphatic hydroxyl groups excluding tert-OH is 2. The molecule has 1 aliphatic heterocycles. The highest BCUT2D eigenvalue weighted by Gasteiger charge is 2.31. The summed E-state index contributed by atoms with van der Waals surface area (Å²) in [5.74, 6) is 0.637. The third-order valence-corrected chi connectivity index (χ3v) is 6.12. The number of aliphatic hydroxyl groups is 2. The molecule has 0 aromatic heterocycles. The van der Waals surface area contributed by atoms with Gasteiger partial charge in [0.05, 0.1) is 36.1 Å². The van der Waals surface area contributed by atoms with Gasteiger partial charge in [0.15, 0.2) is 0 Å². The molecule has 3 aromatic carbocycles. The molecule has 7 heteroatoms. The molecule has 0 aliphatic carbocycles. The predicted octanol–water partition coefficient (Wildman–Crippen LogP) is 3.23. The normalized spacial score (nSPS) is 17.2. The Morgan fingerprint density at radius 1 is 1.03 bits per heavy atom. The van der Waals surface area contributed by atoms with Crippen LogP contribution in [0.4, 0.5) is 5.69 Å². The Bertz CT molecular complexity index is 1110. The Morgan fingerprint density at radius 2 is 1.79 bits per heavy atom. The number of aromatic hydroxyl groups is 1. The molecule has 7 nitrogen and oxygen atoms in total. The largest absolute Gasteiger partial charge is 0.506 e. The summed E-state index contributed by atoms with van der Waals surface area (Å²) in [7, 11) is 0. The van der Waals surface area contributed by atoms with Gasteiger partial charge in [-0.1, -0.05) is 42.5 Å². The molecule has 0 bridgehead atoms. The van der Waals surface area contributed by atoms with E-state index in [4.69, 9.17) is 15.1 Å². The summed E-state index contributed by atoms with van der Waals surface area (Å²) in [5.41, 5.74) is 3.20. The van der Waals surface area contributed by atoms with Crippen molar-refractivity contribution in [3.8, 4) is 17.6 Å². The summed E-state index contributed by atoms with van der Waals surface area (Å²) in [5, 5.41) is 39.5. The van der Waals surface area contributed by atoms with E-state index >= 15 is 0 Å². The van der Waals surface area contributed by atoms with Crippen molar-refractivity contribution < 1.29 is 20.1 Å². The molecule has 176 valence electrons. The molecule has 1 aliphatic rings. The number of β-amino-alcohol motifs (C(OH)–C–C–N with tert-alkyl or cyclic N) is 1. The zero-order chi connectivity index (χ0) is 23.9. The summed E-state index contributed by atoms with van der Waals surface area (Å²) in [4.78, 5) is 4.41. The minimum atomic E-state index is -0.660. The van der Waals surface area contributed by atoms with Crippen LogP contribution in [0, 0.1) is 11.3 Å². The van der Waals surface area contributed by atoms with E-state index in [1.165, 1.54) is 0 Å². The summed E-state index contributed by atoms with van der Waals surface area (Å²) in [6, 6.07) is 24.5. The number of phenolic OH excluding ortho intramolecular Hbond substituents is 1. The van der Waals surface area contributed by atoms with Gasteiger partial charge in [0, 0.05) is 32.2 Å². The fourth-order valence-electron chi connectivity index (χ4n) is 4.38. The monoisotopic (exact) mass is 459 g/mol. The van der Waals surface area contributed by atoms with Gasteiger partial charge in [0.1, 0.15) is 18.1 Å². The van der Waals surface area contributed by atoms with Crippen LogP contribution >= 0.6 is 0 Å². The lowest BCUT2D eigenvalue weighted by Crippen LogP contribution is -2.49. The van der Waals surface area contributed by atoms with Gasteiger partial charge in [-0.2, -0.15) is 5.26 Å². The maximum atomic E-state index is 10.8. The fraction of sp³-hybridized carbons (Fsp3) is 0.296. The average molecular weight is 460 g/mol. The lowest BCUT2D eigenvalue weighted by atomic mass is 10.00. The van der Waals surface area contributed by atoms with Crippen LogP contribution in [0.3, 0.4) is 0 Å². The van der Waals surface area contributed by atoms with E-state index in [1.807, 2.05) is 24.3 Å². The van der Waals surface area contributed by atoms with Gasteiger partial charge in [-0.3, -0.25) is 4.90 Å². The third kappa shape index (κ3) is 5.49. The number of nitrogens with zero attached hydrogens (tertiary/aromatic N) is 3. The number of nitriles is 1. The first-order chi connectivity index (χ1) is 16.6. The Labute approximate surface area is 199 Å². The molecule has 0 radical (unpaired) electrons. The number of piperazine rings is 1. The molecule has 1 fully saturated rings. The second-order valence-electron chi connectivity index (χ2n) is 8.35. The van der Waals surface area contributed by atoms with Crippen molar-refractivity contribution in [2.24, 2.45) is 0 Å². The summed E-state index contributed by atoms with van der Waals surface area (Å²) >= 11 is 0. The molecule has 2 atom stereocenters. The number of rotatable bonds is 8. The lowest BCUT2D eigenvalue weighted by molar-refractivity contribution is 0.100. The standard InChI is InChI=1S/C27H29N3O4/c28-17-20-6-8-22(9-7-20)27(33)19-29-12-13-30(25(18-29)21-4-2-1-3-5-21)24-11-10-23(16-26(24)32)34-15-14-31/h1-11,16,25,27,31-33H,12-15,18-19H2/t25-,27?/m0/s1. The molecule has 0 amide bonds. The highest BCUT2D eigenvalue weighted by Crippen LogP contribution is 2.38. The molecule has 3 N–H and O–H groups in total. The molecule has 0 spiro atoms. The van der Waals surface area contributed by atoms with Crippen LogP contribution in [0.25, 0.3) is 0 Å². The van der Waals surface area contributed by atoms with Gasteiger partial charge in [-0.15, -0.1) is 0 Å². The van der Waals surface area contributed by atoms with Crippen LogP contribution in [-0.2, 0) is 0 Å². The molecule has 0 saturated carbocycles. The quantitative estimate of drug-likeness (QED) is 0.476. The number of ether oxygens (including phenoxy) is 1. The van der Waals surface area contributed by atoms with E-state index in [9.17, 15) is 10.2 Å². The van der Waals surface area contributed by atoms with Crippen LogP contribution in [0.2, 0.25) is 0 Å². The van der Waals surface area contributed by atoms with Crippen LogP contribution in [0.15, 0.2) is 72.8 Å². The first kappa shape index (κ1) is 23.6. The van der Waals surface area contributed by atoms with Crippen LogP contribution < -0.4 is 9.64 Å². The molecule has 4 rings (SSSR count). The molecule has 3 aromatic rings. The van der Waals surface area contributed by atoms with Crippen LogP contribution in [-0.4, -0.2) is 59.6 Å². The minimum absolute atomic E-state index is 0.0155. The summed E-state index contributed by atoms with van der Waals surface area (Å²) in [6.45, 7) is 2.63. The Kier molecular flexibility index (Phi) is 7.65. The Balaban J connectivity index is 1.53. The molecule has 1 saturated heterocycles. The van der Waals surface area contributed by atoms with Gasteiger partial charge in [0.25, 0.3) is 0 Å². The number of benzene rings is 3. The van der Waals surface area contributed by atoms with Crippen LogP contribution in [0.5, 0.6) is 11.5 Å². The average Bonchev–Trinajstić information content (AvgIpc) is 2.88. The Morgan fingerprint density at radius 3 is 2.47 bits per heavy atom. The van der Waals surface area contributed by atoms with Gasteiger partial charge >= 0.3 is 0 Å². The Hall–Kier alpha value is -3.57. The van der Waals surface area contributed by atoms with E-state index < -0.39 is 6.10 Å². The van der Waals surface area contributed by atoms with Crippen molar-refractivity contribution >= 4 is 5.69 Å². The van der Waals surface area contributed by atoms with Gasteiger partial charge in [-0.25, -0.2) is 0 Å². The molecule has 1 heterocycles. The van der Waals surface area contributed by atoms with Crippen molar-refractivity contribution in [1.29, 1.82) is 5.26 Å². The van der Waals surface area contributed by atoms with Crippen molar-refractivity contribution in [2.45, 2.75) is 12.1 Å². The van der Waals surface area contributed by atoms with Gasteiger partial charge < -0.3 is 25.0 Å². The highest BCUT2D eigenvalue weighted by atomic mass is 16.5. The lowest BCUT2D eigenvalue weighted by Gasteiger charge is -2.43. The van der Waals surface area contributed by atoms with E-state index in [1.54, 1.807) is 36.4 Å². The van der Waals surface area contributed by atoms with Crippen molar-refractivity contribution in [3.63, 3.8) is 0 Å². The van der Waals surface area contributed by atoms with E-state index in [0.717, 1.165) is 23.4 Å². The maximum absolute atomic E-state index is 10.8. The van der Waals surface area contributed by atoms with Crippen molar-refractivity contribution in [1.82, 2.24) is 4.90 Å². The number of hydrogen-bond acceptors (Lipinski definition) is 7. The number of hydrogen-bond donors (Lipinski definition) is 3. The minimum Gasteiger partial charge on any atom is -0.506 e. The molecular formula is C27H29N3O4. The molecular weight excluding hydrogens is 430 g/mol. The van der Waals surface area contributed by atoms with E-state index in [-0.39, 0.29) is 25.0 Å². The van der Waals surface area contributed by atoms with Crippen LogP contribution in [0.1, 0.15) is 28.8 Å². The zero-order valence-electron chi connectivity index (χ0n) is 18.9. The summed E-state index contributed by atoms with van der Waals surface area (Å²) in [6.07, 6.45) is -0.660. The van der Waals surface area contributed by atoms with Crippen molar-refractivity contribution in [2.75, 3.05) is 44.3 Å². The second kappa shape index (κ2) is 11.0. The number of phenols is 1. The smallest absolute Gasteiger partial charge is 0.142 e. The van der Waals surface area contributed by atoms with Gasteiger partial charge in [-0.05, 0) is 35.4 Å². The highest BCUT2D eigenvalue weighted by molar-refractivity contribution is 5.62. The zero-order valence-corrected chi connectivity index (χ0v) is 18.9. The molecule has 1 unspecified atom stereocenters. The third-order valence-electron chi connectivity index (χ3n) is 6.12. The van der Waals surface area contributed by atoms with E-state index in [0.29, 0.717) is 30.9 Å². The van der Waals surface area contributed by atoms with E-state index in [2.05, 4.69) is 28.0 Å². The first-order valence-corrected chi connectivity index (χ1v) is 11.4.